The number of fused-ring (bicyclic) bond motifs is 6. The van der Waals surface area contributed by atoms with Crippen molar-refractivity contribution in [3.8, 4) is 34.4 Å². The van der Waals surface area contributed by atoms with E-state index in [4.69, 9.17) is 0 Å². The topological polar surface area (TPSA) is 52.0 Å². The Hall–Kier alpha value is -5.12. The molecule has 0 radical (unpaired) electrons. The number of nitrogens with zero attached hydrogens (tertiary/aromatic N) is 3. The molecule has 0 spiro atoms. The summed E-state index contributed by atoms with van der Waals surface area (Å²) < 4.78 is 2.26. The Bertz CT molecular complexity index is 1910. The Kier molecular flexibility index (Phi) is 5.56. The van der Waals surface area contributed by atoms with Crippen molar-refractivity contribution in [1.82, 2.24) is 4.40 Å². The molecule has 3 nitrogen and oxygen atoms in total. The van der Waals surface area contributed by atoms with Crippen LogP contribution in [0, 0.1) is 29.6 Å². The van der Waals surface area contributed by atoms with Gasteiger partial charge >= 0.3 is 0 Å². The molecular weight excluding hydrogens is 462 g/mol. The van der Waals surface area contributed by atoms with Gasteiger partial charge in [-0.3, -0.25) is 0 Å². The van der Waals surface area contributed by atoms with E-state index in [0.29, 0.717) is 11.1 Å². The van der Waals surface area contributed by atoms with Crippen LogP contribution in [-0.2, 0) is 0 Å². The SMILES string of the molecule is CC.Cc1c(-c2ccccc2)c2c3ccc(C#N)cc3n3c4cc(C#N)ccc4c(c1-c1ccccc1)c23. The van der Waals surface area contributed by atoms with E-state index in [1.165, 1.54) is 27.5 Å². The smallest absolute Gasteiger partial charge is 0.0992 e. The van der Waals surface area contributed by atoms with Crippen LogP contribution in [0.5, 0.6) is 0 Å². The van der Waals surface area contributed by atoms with Crippen LogP contribution in [0.3, 0.4) is 0 Å². The lowest BCUT2D eigenvalue weighted by molar-refractivity contribution is 1.36. The minimum absolute atomic E-state index is 0.620. The molecule has 0 N–H and O–H groups in total. The molecule has 2 aromatic heterocycles. The Labute approximate surface area is 221 Å². The highest BCUT2D eigenvalue weighted by atomic mass is 14.9. The summed E-state index contributed by atoms with van der Waals surface area (Å²) >= 11 is 0. The second-order valence-corrected chi connectivity index (χ2v) is 9.23. The Morgan fingerprint density at radius 3 is 1.39 bits per heavy atom. The number of aromatic nitrogens is 1. The molecule has 2 heterocycles. The maximum absolute atomic E-state index is 9.69. The van der Waals surface area contributed by atoms with Crippen molar-refractivity contribution in [3.05, 3.63) is 114 Å². The predicted molar refractivity (Wildman–Crippen MR) is 157 cm³/mol. The van der Waals surface area contributed by atoms with E-state index in [1.54, 1.807) is 0 Å². The maximum Gasteiger partial charge on any atom is 0.0992 e. The summed E-state index contributed by atoms with van der Waals surface area (Å²) in [5.41, 5.74) is 10.3. The molecule has 7 aromatic rings. The van der Waals surface area contributed by atoms with Gasteiger partial charge in [-0.1, -0.05) is 86.6 Å². The van der Waals surface area contributed by atoms with E-state index in [0.717, 1.165) is 38.4 Å². The number of nitriles is 2. The first-order valence-corrected chi connectivity index (χ1v) is 12.9. The first-order valence-electron chi connectivity index (χ1n) is 12.9. The minimum Gasteiger partial charge on any atom is -0.308 e. The highest BCUT2D eigenvalue weighted by Gasteiger charge is 2.26. The summed E-state index contributed by atoms with van der Waals surface area (Å²) in [6.45, 7) is 6.22. The van der Waals surface area contributed by atoms with E-state index in [-0.39, 0.29) is 0 Å². The van der Waals surface area contributed by atoms with Gasteiger partial charge < -0.3 is 4.40 Å². The zero-order valence-electron chi connectivity index (χ0n) is 21.6. The molecule has 3 heteroatoms. The molecule has 0 aliphatic rings. The third-order valence-corrected chi connectivity index (χ3v) is 7.35. The van der Waals surface area contributed by atoms with Gasteiger partial charge in [0.2, 0.25) is 0 Å². The van der Waals surface area contributed by atoms with Gasteiger partial charge in [0.1, 0.15) is 0 Å². The van der Waals surface area contributed by atoms with E-state index in [9.17, 15) is 10.5 Å². The van der Waals surface area contributed by atoms with Crippen molar-refractivity contribution < 1.29 is 0 Å². The average molecular weight is 488 g/mol. The van der Waals surface area contributed by atoms with Crippen LogP contribution < -0.4 is 0 Å². The van der Waals surface area contributed by atoms with Crippen LogP contribution in [0.1, 0.15) is 30.5 Å². The molecule has 0 saturated heterocycles. The molecule has 0 fully saturated rings. The second kappa shape index (κ2) is 9.07. The van der Waals surface area contributed by atoms with Gasteiger partial charge in [-0.15, -0.1) is 0 Å². The van der Waals surface area contributed by atoms with Crippen molar-refractivity contribution in [3.63, 3.8) is 0 Å². The van der Waals surface area contributed by atoms with Crippen LogP contribution in [0.15, 0.2) is 97.1 Å². The molecule has 0 amide bonds. The molecule has 0 bridgehead atoms. The minimum atomic E-state index is 0.620. The van der Waals surface area contributed by atoms with Gasteiger partial charge in [-0.25, -0.2) is 0 Å². The summed E-state index contributed by atoms with van der Waals surface area (Å²) in [4.78, 5) is 0. The third kappa shape index (κ3) is 3.20. The van der Waals surface area contributed by atoms with Gasteiger partial charge in [-0.2, -0.15) is 10.5 Å². The van der Waals surface area contributed by atoms with Crippen molar-refractivity contribution in [2.45, 2.75) is 20.8 Å². The number of hydrogen-bond acceptors (Lipinski definition) is 2. The molecule has 180 valence electrons. The first-order chi connectivity index (χ1) is 18.7. The highest BCUT2D eigenvalue weighted by Crippen LogP contribution is 2.50. The normalized spacial score (nSPS) is 11.0. The summed E-state index contributed by atoms with van der Waals surface area (Å²) in [5.74, 6) is 0. The van der Waals surface area contributed by atoms with E-state index in [1.807, 2.05) is 50.2 Å². The molecular formula is C35H25N3. The number of rotatable bonds is 2. The van der Waals surface area contributed by atoms with E-state index in [2.05, 4.69) is 84.1 Å². The summed E-state index contributed by atoms with van der Waals surface area (Å²) in [6, 6.07) is 37.6. The summed E-state index contributed by atoms with van der Waals surface area (Å²) in [5, 5.41) is 24.0. The van der Waals surface area contributed by atoms with Crippen molar-refractivity contribution in [2.75, 3.05) is 0 Å². The fraction of sp³-hybridized carbons (Fsp3) is 0.0857. The van der Waals surface area contributed by atoms with Crippen molar-refractivity contribution in [2.24, 2.45) is 0 Å². The van der Waals surface area contributed by atoms with Crippen LogP contribution in [-0.4, -0.2) is 4.40 Å². The quantitative estimate of drug-likeness (QED) is 0.244. The first kappa shape index (κ1) is 23.3. The van der Waals surface area contributed by atoms with Gasteiger partial charge in [0, 0.05) is 21.5 Å². The molecule has 38 heavy (non-hydrogen) atoms. The molecule has 5 aromatic carbocycles. The van der Waals surface area contributed by atoms with Crippen LogP contribution in [0.25, 0.3) is 60.3 Å². The highest BCUT2D eigenvalue weighted by molar-refractivity contribution is 6.31. The lowest BCUT2D eigenvalue weighted by atomic mass is 9.86. The summed E-state index contributed by atoms with van der Waals surface area (Å²) in [6.07, 6.45) is 0. The van der Waals surface area contributed by atoms with Crippen LogP contribution >= 0.6 is 0 Å². The monoisotopic (exact) mass is 487 g/mol. The molecule has 0 aliphatic heterocycles. The third-order valence-electron chi connectivity index (χ3n) is 7.35. The predicted octanol–water partition coefficient (Wildman–Crippen LogP) is 9.25. The fourth-order valence-electron chi connectivity index (χ4n) is 5.91. The number of hydrogen-bond donors (Lipinski definition) is 0. The second-order valence-electron chi connectivity index (χ2n) is 9.23. The van der Waals surface area contributed by atoms with Gasteiger partial charge in [0.15, 0.2) is 0 Å². The number of benzene rings is 5. The van der Waals surface area contributed by atoms with Gasteiger partial charge in [0.05, 0.1) is 39.8 Å². The molecule has 0 atom stereocenters. The standard InChI is InChI=1S/C33H19N3.C2H6/c1-20-29(23-8-4-2-5-9-23)31-25-14-12-21(18-34)16-27(25)36-28-17-22(19-35)13-15-26(28)32(33(31)36)30(20)24-10-6-3-7-11-24;1-2/h2-17H,1H3;1-2H3. The van der Waals surface area contributed by atoms with Crippen molar-refractivity contribution in [1.29, 1.82) is 10.5 Å². The lowest BCUT2D eigenvalue weighted by Crippen LogP contribution is -1.92. The average Bonchev–Trinajstić information content (AvgIpc) is 3.49. The van der Waals surface area contributed by atoms with Gasteiger partial charge in [0.25, 0.3) is 0 Å². The Morgan fingerprint density at radius 2 is 1.00 bits per heavy atom. The van der Waals surface area contributed by atoms with E-state index >= 15 is 0 Å². The Morgan fingerprint density at radius 1 is 0.579 bits per heavy atom. The van der Waals surface area contributed by atoms with E-state index < -0.39 is 0 Å². The molecule has 7 rings (SSSR count). The Balaban J connectivity index is 0.00000129. The summed E-state index contributed by atoms with van der Waals surface area (Å²) in [7, 11) is 0. The maximum atomic E-state index is 9.69. The van der Waals surface area contributed by atoms with Crippen LogP contribution in [0.2, 0.25) is 0 Å². The molecule has 0 unspecified atom stereocenters. The fourth-order valence-corrected chi connectivity index (χ4v) is 5.91. The molecule has 0 aliphatic carbocycles. The molecule has 0 saturated carbocycles. The lowest BCUT2D eigenvalue weighted by Gasteiger charge is -2.16. The van der Waals surface area contributed by atoms with Gasteiger partial charge in [-0.05, 0) is 59.0 Å². The largest absolute Gasteiger partial charge is 0.308 e. The van der Waals surface area contributed by atoms with Crippen molar-refractivity contribution >= 4 is 38.1 Å². The zero-order chi connectivity index (χ0) is 26.4. The van der Waals surface area contributed by atoms with Crippen LogP contribution in [0.4, 0.5) is 0 Å². The zero-order valence-corrected chi connectivity index (χ0v) is 21.6.